The molecule has 4 nitrogen and oxygen atoms in total. The molecule has 1 atom stereocenters. The molecular formula is C13H11N3O. The Kier molecular flexibility index (Phi) is 2.03. The number of hydrogen-bond donors (Lipinski definition) is 1. The van der Waals surface area contributed by atoms with Crippen LogP contribution < -0.4 is 11.3 Å². The summed E-state index contributed by atoms with van der Waals surface area (Å²) in [6.45, 7) is 0.681. The fourth-order valence-electron chi connectivity index (χ4n) is 2.48. The SMILES string of the molecule is N#C[C@H](N)c1cc2cccc3c2n(c1=O)CC3. The Morgan fingerprint density at radius 1 is 1.47 bits per heavy atom. The lowest BCUT2D eigenvalue weighted by Gasteiger charge is -2.09. The van der Waals surface area contributed by atoms with Crippen LogP contribution in [0.4, 0.5) is 0 Å². The van der Waals surface area contributed by atoms with Gasteiger partial charge in [-0.2, -0.15) is 5.26 Å². The second kappa shape index (κ2) is 3.44. The largest absolute Gasteiger partial charge is 0.312 e. The number of pyridine rings is 1. The summed E-state index contributed by atoms with van der Waals surface area (Å²) >= 11 is 0. The Morgan fingerprint density at radius 3 is 3.06 bits per heavy atom. The van der Waals surface area contributed by atoms with Crippen molar-refractivity contribution in [3.05, 3.63) is 45.7 Å². The topological polar surface area (TPSA) is 71.8 Å². The third kappa shape index (κ3) is 1.30. The van der Waals surface area contributed by atoms with Gasteiger partial charge in [0.25, 0.3) is 5.56 Å². The van der Waals surface area contributed by atoms with Crippen LogP contribution in [0, 0.1) is 11.3 Å². The predicted molar refractivity (Wildman–Crippen MR) is 64.5 cm³/mol. The third-order valence-corrected chi connectivity index (χ3v) is 3.30. The molecule has 1 aromatic carbocycles. The summed E-state index contributed by atoms with van der Waals surface area (Å²) in [5.74, 6) is 0. The average molecular weight is 225 g/mol. The zero-order valence-corrected chi connectivity index (χ0v) is 9.18. The maximum Gasteiger partial charge on any atom is 0.256 e. The summed E-state index contributed by atoms with van der Waals surface area (Å²) < 4.78 is 1.73. The van der Waals surface area contributed by atoms with Crippen LogP contribution in [0.15, 0.2) is 29.1 Å². The number of nitrogens with zero attached hydrogens (tertiary/aromatic N) is 2. The number of aryl methyl sites for hydroxylation is 2. The Balaban J connectivity index is 2.43. The van der Waals surface area contributed by atoms with E-state index in [0.29, 0.717) is 12.1 Å². The lowest BCUT2D eigenvalue weighted by Crippen LogP contribution is -2.26. The lowest BCUT2D eigenvalue weighted by molar-refractivity contribution is 0.724. The second-order valence-electron chi connectivity index (χ2n) is 4.27. The van der Waals surface area contributed by atoms with E-state index in [-0.39, 0.29) is 5.56 Å². The van der Waals surface area contributed by atoms with E-state index in [1.165, 1.54) is 5.56 Å². The average Bonchev–Trinajstić information content (AvgIpc) is 2.78. The van der Waals surface area contributed by atoms with E-state index in [2.05, 4.69) is 0 Å². The molecule has 0 amide bonds. The van der Waals surface area contributed by atoms with Crippen molar-refractivity contribution in [3.63, 3.8) is 0 Å². The summed E-state index contributed by atoms with van der Waals surface area (Å²) in [4.78, 5) is 12.2. The Hall–Kier alpha value is -2.12. The molecule has 0 saturated carbocycles. The number of aromatic nitrogens is 1. The van der Waals surface area contributed by atoms with E-state index in [0.717, 1.165) is 17.3 Å². The summed E-state index contributed by atoms with van der Waals surface area (Å²) in [5.41, 5.74) is 8.10. The number of benzene rings is 1. The first-order valence-corrected chi connectivity index (χ1v) is 5.53. The second-order valence-corrected chi connectivity index (χ2v) is 4.27. The van der Waals surface area contributed by atoms with E-state index in [1.807, 2.05) is 24.3 Å². The standard InChI is InChI=1S/C13H11N3O/c14-7-11(15)10-6-9-3-1-2-8-4-5-16(12(8)9)13(10)17/h1-3,6,11H,4-5,15H2/t11-/m0/s1. The van der Waals surface area contributed by atoms with E-state index in [1.54, 1.807) is 10.6 Å². The van der Waals surface area contributed by atoms with E-state index < -0.39 is 6.04 Å². The maximum atomic E-state index is 12.2. The van der Waals surface area contributed by atoms with Crippen LogP contribution in [-0.2, 0) is 13.0 Å². The van der Waals surface area contributed by atoms with Gasteiger partial charge in [0.15, 0.2) is 0 Å². The van der Waals surface area contributed by atoms with E-state index in [9.17, 15) is 4.79 Å². The summed E-state index contributed by atoms with van der Waals surface area (Å²) in [6.07, 6.45) is 0.873. The molecule has 1 aromatic heterocycles. The quantitative estimate of drug-likeness (QED) is 0.789. The highest BCUT2D eigenvalue weighted by molar-refractivity contribution is 5.84. The third-order valence-electron chi connectivity index (χ3n) is 3.30. The van der Waals surface area contributed by atoms with Gasteiger partial charge < -0.3 is 10.3 Å². The molecule has 1 aliphatic heterocycles. The Labute approximate surface area is 97.9 Å². The number of hydrogen-bond acceptors (Lipinski definition) is 3. The number of para-hydroxylation sites is 1. The molecule has 84 valence electrons. The summed E-state index contributed by atoms with van der Waals surface area (Å²) in [5, 5.41) is 9.82. The van der Waals surface area contributed by atoms with Gasteiger partial charge in [-0.1, -0.05) is 18.2 Å². The van der Waals surface area contributed by atoms with Gasteiger partial charge in [-0.05, 0) is 23.4 Å². The van der Waals surface area contributed by atoms with Gasteiger partial charge in [0.2, 0.25) is 0 Å². The van der Waals surface area contributed by atoms with Crippen molar-refractivity contribution >= 4 is 10.9 Å². The molecule has 0 aliphatic carbocycles. The number of rotatable bonds is 1. The highest BCUT2D eigenvalue weighted by atomic mass is 16.1. The van der Waals surface area contributed by atoms with Gasteiger partial charge in [0.05, 0.1) is 11.6 Å². The minimum absolute atomic E-state index is 0.128. The van der Waals surface area contributed by atoms with Gasteiger partial charge >= 0.3 is 0 Å². The molecule has 17 heavy (non-hydrogen) atoms. The smallest absolute Gasteiger partial charge is 0.256 e. The first kappa shape index (κ1) is 10.1. The first-order valence-electron chi connectivity index (χ1n) is 5.53. The van der Waals surface area contributed by atoms with Gasteiger partial charge in [0, 0.05) is 12.1 Å². The highest BCUT2D eigenvalue weighted by Crippen LogP contribution is 2.25. The Bertz CT molecular complexity index is 709. The molecule has 0 unspecified atom stereocenters. The minimum atomic E-state index is -0.847. The molecule has 0 radical (unpaired) electrons. The van der Waals surface area contributed by atoms with Crippen molar-refractivity contribution in [2.24, 2.45) is 5.73 Å². The van der Waals surface area contributed by atoms with E-state index in [4.69, 9.17) is 11.0 Å². The van der Waals surface area contributed by atoms with Gasteiger partial charge in [-0.3, -0.25) is 4.79 Å². The van der Waals surface area contributed by atoms with Gasteiger partial charge in [-0.15, -0.1) is 0 Å². The number of nitrogens with two attached hydrogens (primary N) is 1. The fraction of sp³-hybridized carbons (Fsp3) is 0.231. The van der Waals surface area contributed by atoms with Crippen molar-refractivity contribution in [3.8, 4) is 6.07 Å². The van der Waals surface area contributed by atoms with Crippen molar-refractivity contribution < 1.29 is 0 Å². The maximum absolute atomic E-state index is 12.2. The van der Waals surface area contributed by atoms with E-state index >= 15 is 0 Å². The first-order chi connectivity index (χ1) is 8.22. The summed E-state index contributed by atoms with van der Waals surface area (Å²) in [7, 11) is 0. The van der Waals surface area contributed by atoms with Gasteiger partial charge in [-0.25, -0.2) is 0 Å². The fourth-order valence-corrected chi connectivity index (χ4v) is 2.48. The van der Waals surface area contributed by atoms with Crippen LogP contribution in [0.5, 0.6) is 0 Å². The molecule has 2 heterocycles. The molecule has 2 N–H and O–H groups in total. The summed E-state index contributed by atoms with van der Waals surface area (Å²) in [6, 6.07) is 8.78. The molecule has 0 saturated heterocycles. The predicted octanol–water partition coefficient (Wildman–Crippen LogP) is 1.08. The zero-order valence-electron chi connectivity index (χ0n) is 9.18. The molecular weight excluding hydrogens is 214 g/mol. The molecule has 0 fully saturated rings. The zero-order chi connectivity index (χ0) is 12.0. The van der Waals surface area contributed by atoms with Crippen molar-refractivity contribution in [1.82, 2.24) is 4.57 Å². The molecule has 0 bridgehead atoms. The van der Waals surface area contributed by atoms with Crippen molar-refractivity contribution in [2.75, 3.05) is 0 Å². The van der Waals surface area contributed by atoms with Crippen LogP contribution in [0.3, 0.4) is 0 Å². The molecule has 1 aliphatic rings. The molecule has 2 aromatic rings. The van der Waals surface area contributed by atoms with Gasteiger partial charge in [0.1, 0.15) is 6.04 Å². The van der Waals surface area contributed by atoms with Crippen LogP contribution in [0.25, 0.3) is 10.9 Å². The van der Waals surface area contributed by atoms with Crippen molar-refractivity contribution in [1.29, 1.82) is 5.26 Å². The molecule has 3 rings (SSSR count). The van der Waals surface area contributed by atoms with Crippen LogP contribution in [0.2, 0.25) is 0 Å². The minimum Gasteiger partial charge on any atom is -0.312 e. The molecule has 0 spiro atoms. The monoisotopic (exact) mass is 225 g/mol. The van der Waals surface area contributed by atoms with Crippen LogP contribution in [0.1, 0.15) is 17.2 Å². The molecule has 4 heteroatoms. The highest BCUT2D eigenvalue weighted by Gasteiger charge is 2.19. The van der Waals surface area contributed by atoms with Crippen molar-refractivity contribution in [2.45, 2.75) is 19.0 Å². The van der Waals surface area contributed by atoms with Crippen LogP contribution >= 0.6 is 0 Å². The number of nitriles is 1. The Morgan fingerprint density at radius 2 is 2.29 bits per heavy atom. The normalized spacial score (nSPS) is 14.8. The van der Waals surface area contributed by atoms with Crippen LogP contribution in [-0.4, -0.2) is 4.57 Å². The lowest BCUT2D eigenvalue weighted by atomic mass is 10.1.